The molecule has 0 spiro atoms. The van der Waals surface area contributed by atoms with Crippen molar-refractivity contribution >= 4 is 33.7 Å². The lowest BCUT2D eigenvalue weighted by Gasteiger charge is -2.34. The molecule has 10 nitrogen and oxygen atoms in total. The summed E-state index contributed by atoms with van der Waals surface area (Å²) in [5.41, 5.74) is 1.99. The third-order valence-corrected chi connectivity index (χ3v) is 7.20. The summed E-state index contributed by atoms with van der Waals surface area (Å²) in [4.78, 5) is 27.8. The third kappa shape index (κ3) is 4.65. The maximum Gasteiger partial charge on any atom is 0.290 e. The number of hydrogen-bond acceptors (Lipinski definition) is 7. The Morgan fingerprint density at radius 1 is 1.38 bits per heavy atom. The first-order valence-electron chi connectivity index (χ1n) is 9.16. The summed E-state index contributed by atoms with van der Waals surface area (Å²) < 4.78 is 24.9. The van der Waals surface area contributed by atoms with Crippen LogP contribution >= 0.6 is 11.3 Å². The molecule has 158 valence electrons. The molecule has 2 N–H and O–H groups in total. The highest BCUT2D eigenvalue weighted by atomic mass is 32.2. The molecule has 2 aliphatic heterocycles. The molecule has 0 aliphatic carbocycles. The highest BCUT2D eigenvalue weighted by Crippen LogP contribution is 2.34. The van der Waals surface area contributed by atoms with Crippen molar-refractivity contribution in [2.45, 2.75) is 38.3 Å². The van der Waals surface area contributed by atoms with E-state index in [9.17, 15) is 13.2 Å². The summed E-state index contributed by atoms with van der Waals surface area (Å²) in [7, 11) is -3.26. The lowest BCUT2D eigenvalue weighted by molar-refractivity contribution is -0.122. The molecule has 1 unspecified atom stereocenters. The Morgan fingerprint density at radius 3 is 2.79 bits per heavy atom. The molecule has 12 heteroatoms. The van der Waals surface area contributed by atoms with Gasteiger partial charge < -0.3 is 10.0 Å². The van der Waals surface area contributed by atoms with E-state index in [0.717, 1.165) is 29.8 Å². The fraction of sp³-hybridized carbons (Fsp3) is 0.529. The van der Waals surface area contributed by atoms with Crippen molar-refractivity contribution in [1.29, 1.82) is 0 Å². The van der Waals surface area contributed by atoms with Crippen LogP contribution in [-0.2, 0) is 27.8 Å². The predicted octanol–water partition coefficient (Wildman–Crippen LogP) is 1.25. The van der Waals surface area contributed by atoms with Gasteiger partial charge in [-0.15, -0.1) is 11.3 Å². The second kappa shape index (κ2) is 9.01. The lowest BCUT2D eigenvalue weighted by atomic mass is 10.00. The van der Waals surface area contributed by atoms with E-state index in [0.29, 0.717) is 30.9 Å². The molecule has 0 bridgehead atoms. The topological polar surface area (TPSA) is 137 Å². The van der Waals surface area contributed by atoms with Gasteiger partial charge in [0, 0.05) is 30.2 Å². The Labute approximate surface area is 172 Å². The first kappa shape index (κ1) is 21.4. The standard InChI is InChI=1S/C16H21N5O3S2.CH2O2/c1-26(23,24)20-8-5-11-12(10-20)18-19-14(11)16(22)21-7-3-2-4-13(21)15-17-6-9-25-15;2-1-3/h6,9,13H,2-5,7-8,10H2,1H3,(H,18,19);1H,(H,2,3). The fourth-order valence-corrected chi connectivity index (χ4v) is 5.29. The van der Waals surface area contributed by atoms with Gasteiger partial charge in [0.05, 0.1) is 24.5 Å². The van der Waals surface area contributed by atoms with Crippen LogP contribution in [0.15, 0.2) is 11.6 Å². The average molecular weight is 442 g/mol. The zero-order chi connectivity index (χ0) is 21.0. The van der Waals surface area contributed by atoms with E-state index in [1.165, 1.54) is 10.6 Å². The van der Waals surface area contributed by atoms with Crippen molar-refractivity contribution in [3.05, 3.63) is 33.5 Å². The molecule has 2 aromatic heterocycles. The molecule has 1 amide bonds. The zero-order valence-electron chi connectivity index (χ0n) is 15.9. The number of H-pyrrole nitrogens is 1. The van der Waals surface area contributed by atoms with Crippen LogP contribution in [0.5, 0.6) is 0 Å². The largest absolute Gasteiger partial charge is 0.483 e. The molecule has 2 aromatic rings. The van der Waals surface area contributed by atoms with Crippen molar-refractivity contribution in [3.63, 3.8) is 0 Å². The van der Waals surface area contributed by atoms with Crippen LogP contribution in [0.4, 0.5) is 0 Å². The lowest BCUT2D eigenvalue weighted by Crippen LogP contribution is -2.40. The molecule has 29 heavy (non-hydrogen) atoms. The summed E-state index contributed by atoms with van der Waals surface area (Å²) in [6, 6.07) is -0.000270. The number of sulfonamides is 1. The number of aromatic amines is 1. The Kier molecular flexibility index (Phi) is 6.65. The molecule has 1 fully saturated rings. The van der Waals surface area contributed by atoms with Gasteiger partial charge in [0.15, 0.2) is 5.69 Å². The van der Waals surface area contributed by atoms with Crippen molar-refractivity contribution in [1.82, 2.24) is 24.4 Å². The number of carboxylic acid groups (broad SMARTS) is 1. The number of rotatable bonds is 3. The maximum atomic E-state index is 13.2. The van der Waals surface area contributed by atoms with E-state index in [1.54, 1.807) is 17.5 Å². The summed E-state index contributed by atoms with van der Waals surface area (Å²) >= 11 is 1.57. The number of amides is 1. The number of hydrogen-bond donors (Lipinski definition) is 2. The molecular formula is C17H23N5O5S2. The number of thiazole rings is 1. The van der Waals surface area contributed by atoms with Gasteiger partial charge in [-0.1, -0.05) is 0 Å². The molecule has 4 heterocycles. The van der Waals surface area contributed by atoms with Crippen LogP contribution < -0.4 is 0 Å². The van der Waals surface area contributed by atoms with Gasteiger partial charge in [-0.25, -0.2) is 13.4 Å². The Bertz CT molecular complexity index is 957. The van der Waals surface area contributed by atoms with Crippen LogP contribution in [0.3, 0.4) is 0 Å². The summed E-state index contributed by atoms with van der Waals surface area (Å²) in [6.45, 7) is 1.06. The third-order valence-electron chi connectivity index (χ3n) is 5.07. The van der Waals surface area contributed by atoms with E-state index in [4.69, 9.17) is 9.90 Å². The van der Waals surface area contributed by atoms with Gasteiger partial charge in [-0.2, -0.15) is 9.40 Å². The second-order valence-electron chi connectivity index (χ2n) is 6.86. The minimum Gasteiger partial charge on any atom is -0.483 e. The number of fused-ring (bicyclic) bond motifs is 1. The Morgan fingerprint density at radius 2 is 2.14 bits per heavy atom. The minimum absolute atomic E-state index is 0.000270. The van der Waals surface area contributed by atoms with Crippen molar-refractivity contribution < 1.29 is 23.1 Å². The summed E-state index contributed by atoms with van der Waals surface area (Å²) in [5, 5.41) is 16.9. The van der Waals surface area contributed by atoms with E-state index >= 15 is 0 Å². The maximum absolute atomic E-state index is 13.2. The van der Waals surface area contributed by atoms with Crippen LogP contribution in [0, 0.1) is 0 Å². The van der Waals surface area contributed by atoms with Gasteiger partial charge in [0.2, 0.25) is 10.0 Å². The van der Waals surface area contributed by atoms with Crippen LogP contribution in [-0.4, -0.2) is 69.6 Å². The Balaban J connectivity index is 0.000000755. The van der Waals surface area contributed by atoms with Crippen molar-refractivity contribution in [3.8, 4) is 0 Å². The first-order valence-corrected chi connectivity index (χ1v) is 11.9. The van der Waals surface area contributed by atoms with E-state index in [-0.39, 0.29) is 25.0 Å². The SMILES string of the molecule is CS(=O)(=O)N1CCc2c(C(=O)N3CCCCC3c3nccs3)n[nH]c2C1.O=CO. The quantitative estimate of drug-likeness (QED) is 0.684. The Hall–Kier alpha value is -2.31. The smallest absolute Gasteiger partial charge is 0.290 e. The minimum atomic E-state index is -3.26. The van der Waals surface area contributed by atoms with Gasteiger partial charge >= 0.3 is 0 Å². The fourth-order valence-electron chi connectivity index (χ4n) is 3.72. The summed E-state index contributed by atoms with van der Waals surface area (Å²) in [5.74, 6) is -0.0878. The molecule has 2 aliphatic rings. The molecule has 4 rings (SSSR count). The molecular weight excluding hydrogens is 418 g/mol. The molecule has 0 radical (unpaired) electrons. The number of carbonyl (C=O) groups is 2. The highest BCUT2D eigenvalue weighted by molar-refractivity contribution is 7.88. The summed E-state index contributed by atoms with van der Waals surface area (Å²) in [6.07, 6.45) is 6.43. The number of nitrogens with zero attached hydrogens (tertiary/aromatic N) is 4. The van der Waals surface area contributed by atoms with Crippen LogP contribution in [0.2, 0.25) is 0 Å². The second-order valence-corrected chi connectivity index (χ2v) is 9.77. The zero-order valence-corrected chi connectivity index (χ0v) is 17.6. The monoisotopic (exact) mass is 441 g/mol. The number of piperidine rings is 1. The van der Waals surface area contributed by atoms with Gasteiger partial charge in [-0.05, 0) is 25.7 Å². The van der Waals surface area contributed by atoms with E-state index < -0.39 is 10.0 Å². The van der Waals surface area contributed by atoms with Gasteiger partial charge in [0.1, 0.15) is 5.01 Å². The molecule has 1 saturated heterocycles. The van der Waals surface area contributed by atoms with Crippen LogP contribution in [0.1, 0.15) is 52.1 Å². The highest BCUT2D eigenvalue weighted by Gasteiger charge is 2.35. The van der Waals surface area contributed by atoms with Crippen molar-refractivity contribution in [2.24, 2.45) is 0 Å². The number of aromatic nitrogens is 3. The number of carbonyl (C=O) groups excluding carboxylic acids is 1. The van der Waals surface area contributed by atoms with Gasteiger partial charge in [0.25, 0.3) is 12.4 Å². The van der Waals surface area contributed by atoms with Crippen molar-refractivity contribution in [2.75, 3.05) is 19.3 Å². The average Bonchev–Trinajstić information content (AvgIpc) is 3.37. The number of nitrogens with one attached hydrogen (secondary N) is 1. The number of likely N-dealkylation sites (tertiary alicyclic amines) is 1. The molecule has 0 saturated carbocycles. The normalized spacial score (nSPS) is 19.8. The predicted molar refractivity (Wildman–Crippen MR) is 106 cm³/mol. The van der Waals surface area contributed by atoms with E-state index in [1.807, 2.05) is 10.3 Å². The van der Waals surface area contributed by atoms with Crippen LogP contribution in [0.25, 0.3) is 0 Å². The molecule has 1 atom stereocenters. The first-order chi connectivity index (χ1) is 13.9. The van der Waals surface area contributed by atoms with Gasteiger partial charge in [-0.3, -0.25) is 14.7 Å². The van der Waals surface area contributed by atoms with E-state index in [2.05, 4.69) is 15.2 Å². The molecule has 0 aromatic carbocycles.